The van der Waals surface area contributed by atoms with E-state index in [0.29, 0.717) is 11.5 Å². The molecule has 0 aromatic rings. The van der Waals surface area contributed by atoms with Gasteiger partial charge in [-0.05, 0) is 54.5 Å². The van der Waals surface area contributed by atoms with Crippen LogP contribution in [0.4, 0.5) is 0 Å². The first-order valence-corrected chi connectivity index (χ1v) is 5.96. The number of hydrogen-bond donors (Lipinski definition) is 0. The summed E-state index contributed by atoms with van der Waals surface area (Å²) in [5, 5.41) is 0. The van der Waals surface area contributed by atoms with Gasteiger partial charge in [-0.3, -0.25) is 4.90 Å². The Labute approximate surface area is 95.2 Å². The van der Waals surface area contributed by atoms with Crippen molar-refractivity contribution < 1.29 is 0 Å². The largest absolute Gasteiger partial charge is 0.297 e. The van der Waals surface area contributed by atoms with Gasteiger partial charge < -0.3 is 0 Å². The molecule has 0 saturated carbocycles. The maximum Gasteiger partial charge on any atom is 0.0342 e. The lowest BCUT2D eigenvalue weighted by atomic mass is 9.96. The van der Waals surface area contributed by atoms with Gasteiger partial charge in [-0.25, -0.2) is 0 Å². The second-order valence-electron chi connectivity index (χ2n) is 6.62. The summed E-state index contributed by atoms with van der Waals surface area (Å²) in [4.78, 5) is 2.54. The molecule has 0 bridgehead atoms. The van der Waals surface area contributed by atoms with Crippen molar-refractivity contribution in [3.05, 3.63) is 0 Å². The van der Waals surface area contributed by atoms with Crippen molar-refractivity contribution in [1.82, 2.24) is 4.90 Å². The van der Waals surface area contributed by atoms with Crippen molar-refractivity contribution in [3.8, 4) is 11.8 Å². The molecule has 0 spiro atoms. The van der Waals surface area contributed by atoms with E-state index in [2.05, 4.69) is 58.3 Å². The van der Waals surface area contributed by atoms with Crippen molar-refractivity contribution in [1.29, 1.82) is 0 Å². The SMILES string of the molecule is CC(C)(C)C#CC1CCN(C(C)(C)C)C1. The molecule has 1 rings (SSSR count). The molecule has 0 N–H and O–H groups in total. The minimum Gasteiger partial charge on any atom is -0.297 e. The van der Waals surface area contributed by atoms with Crippen LogP contribution >= 0.6 is 0 Å². The van der Waals surface area contributed by atoms with Crippen molar-refractivity contribution in [3.63, 3.8) is 0 Å². The molecule has 86 valence electrons. The highest BCUT2D eigenvalue weighted by atomic mass is 15.2. The van der Waals surface area contributed by atoms with Crippen LogP contribution in [0.2, 0.25) is 0 Å². The highest BCUT2D eigenvalue weighted by molar-refractivity contribution is 5.12. The summed E-state index contributed by atoms with van der Waals surface area (Å²) in [6.07, 6.45) is 1.24. The van der Waals surface area contributed by atoms with Crippen LogP contribution in [-0.4, -0.2) is 23.5 Å². The van der Waals surface area contributed by atoms with E-state index in [1.54, 1.807) is 0 Å². The summed E-state index contributed by atoms with van der Waals surface area (Å²) in [6.45, 7) is 15.7. The Morgan fingerprint density at radius 1 is 1.07 bits per heavy atom. The zero-order valence-corrected chi connectivity index (χ0v) is 11.1. The molecule has 1 aliphatic rings. The van der Waals surface area contributed by atoms with Crippen molar-refractivity contribution in [2.75, 3.05) is 13.1 Å². The average Bonchev–Trinajstić information content (AvgIpc) is 2.45. The molecule has 0 amide bonds. The Morgan fingerprint density at radius 2 is 1.67 bits per heavy atom. The van der Waals surface area contributed by atoms with E-state index in [1.165, 1.54) is 13.0 Å². The van der Waals surface area contributed by atoms with Crippen LogP contribution in [0.5, 0.6) is 0 Å². The molecule has 0 radical (unpaired) electrons. The van der Waals surface area contributed by atoms with Gasteiger partial charge in [0.1, 0.15) is 0 Å². The molecule has 1 unspecified atom stereocenters. The van der Waals surface area contributed by atoms with Crippen LogP contribution in [0.25, 0.3) is 0 Å². The number of nitrogens with zero attached hydrogens (tertiary/aromatic N) is 1. The summed E-state index contributed by atoms with van der Waals surface area (Å²) in [5.41, 5.74) is 0.452. The minimum atomic E-state index is 0.148. The Morgan fingerprint density at radius 3 is 2.07 bits per heavy atom. The third kappa shape index (κ3) is 4.26. The molecule has 1 aliphatic heterocycles. The van der Waals surface area contributed by atoms with Crippen LogP contribution in [-0.2, 0) is 0 Å². The Balaban J connectivity index is 2.53. The third-order valence-corrected chi connectivity index (χ3v) is 2.79. The fourth-order valence-electron chi connectivity index (χ4n) is 1.81. The van der Waals surface area contributed by atoms with E-state index in [4.69, 9.17) is 0 Å². The van der Waals surface area contributed by atoms with Crippen LogP contribution in [0, 0.1) is 23.2 Å². The summed E-state index contributed by atoms with van der Waals surface area (Å²) >= 11 is 0. The van der Waals surface area contributed by atoms with E-state index < -0.39 is 0 Å². The molecular weight excluding hydrogens is 182 g/mol. The topological polar surface area (TPSA) is 3.24 Å². The molecule has 1 atom stereocenters. The molecule has 1 heteroatoms. The van der Waals surface area contributed by atoms with E-state index in [1.807, 2.05) is 0 Å². The molecule has 1 saturated heterocycles. The predicted molar refractivity (Wildman–Crippen MR) is 66.7 cm³/mol. The Bertz CT molecular complexity index is 266. The van der Waals surface area contributed by atoms with Gasteiger partial charge in [0.2, 0.25) is 0 Å². The Kier molecular flexibility index (Phi) is 3.51. The van der Waals surface area contributed by atoms with E-state index >= 15 is 0 Å². The van der Waals surface area contributed by atoms with Crippen LogP contribution in [0.3, 0.4) is 0 Å². The van der Waals surface area contributed by atoms with E-state index in [-0.39, 0.29) is 5.41 Å². The molecule has 0 aliphatic carbocycles. The fourth-order valence-corrected chi connectivity index (χ4v) is 1.81. The van der Waals surface area contributed by atoms with Gasteiger partial charge >= 0.3 is 0 Å². The molecule has 1 nitrogen and oxygen atoms in total. The van der Waals surface area contributed by atoms with Gasteiger partial charge in [0.25, 0.3) is 0 Å². The van der Waals surface area contributed by atoms with Crippen LogP contribution < -0.4 is 0 Å². The predicted octanol–water partition coefficient (Wildman–Crippen LogP) is 3.16. The van der Waals surface area contributed by atoms with Crippen LogP contribution in [0.1, 0.15) is 48.0 Å². The second-order valence-corrected chi connectivity index (χ2v) is 6.62. The first-order chi connectivity index (χ1) is 6.68. The highest BCUT2D eigenvalue weighted by Crippen LogP contribution is 2.24. The van der Waals surface area contributed by atoms with Crippen molar-refractivity contribution in [2.45, 2.75) is 53.5 Å². The van der Waals surface area contributed by atoms with E-state index in [0.717, 1.165) is 6.54 Å². The van der Waals surface area contributed by atoms with Gasteiger partial charge in [0.05, 0.1) is 0 Å². The molecule has 0 aromatic carbocycles. The number of likely N-dealkylation sites (tertiary alicyclic amines) is 1. The monoisotopic (exact) mass is 207 g/mol. The summed E-state index contributed by atoms with van der Waals surface area (Å²) in [7, 11) is 0. The lowest BCUT2D eigenvalue weighted by Gasteiger charge is -2.31. The third-order valence-electron chi connectivity index (χ3n) is 2.79. The van der Waals surface area contributed by atoms with E-state index in [9.17, 15) is 0 Å². The zero-order chi connectivity index (χ0) is 11.7. The zero-order valence-electron chi connectivity index (χ0n) is 11.1. The van der Waals surface area contributed by atoms with Gasteiger partial charge in [0, 0.05) is 23.4 Å². The molecule has 1 heterocycles. The van der Waals surface area contributed by atoms with Gasteiger partial charge in [-0.2, -0.15) is 0 Å². The van der Waals surface area contributed by atoms with Crippen LogP contribution in [0.15, 0.2) is 0 Å². The first kappa shape index (κ1) is 12.6. The van der Waals surface area contributed by atoms with Crippen molar-refractivity contribution >= 4 is 0 Å². The maximum atomic E-state index is 3.43. The smallest absolute Gasteiger partial charge is 0.0342 e. The lowest BCUT2D eigenvalue weighted by Crippen LogP contribution is -2.39. The standard InChI is InChI=1S/C14H25N/c1-13(2,3)9-7-12-8-10-15(11-12)14(4,5)6/h12H,8,10-11H2,1-6H3. The van der Waals surface area contributed by atoms with Crippen molar-refractivity contribution in [2.24, 2.45) is 11.3 Å². The summed E-state index contributed by atoms with van der Waals surface area (Å²) in [6, 6.07) is 0. The quantitative estimate of drug-likeness (QED) is 0.552. The van der Waals surface area contributed by atoms with Gasteiger partial charge in [-0.1, -0.05) is 11.8 Å². The lowest BCUT2D eigenvalue weighted by molar-refractivity contribution is 0.172. The summed E-state index contributed by atoms with van der Waals surface area (Å²) in [5.74, 6) is 7.38. The second kappa shape index (κ2) is 4.18. The molecule has 15 heavy (non-hydrogen) atoms. The average molecular weight is 207 g/mol. The molecule has 0 aromatic heterocycles. The maximum absolute atomic E-state index is 3.43. The minimum absolute atomic E-state index is 0.148. The van der Waals surface area contributed by atoms with Gasteiger partial charge in [-0.15, -0.1) is 0 Å². The fraction of sp³-hybridized carbons (Fsp3) is 0.857. The normalized spacial score (nSPS) is 23.7. The number of rotatable bonds is 0. The van der Waals surface area contributed by atoms with Gasteiger partial charge in [0.15, 0.2) is 0 Å². The molecule has 1 fully saturated rings. The molecular formula is C14H25N. The first-order valence-electron chi connectivity index (χ1n) is 5.96. The Hall–Kier alpha value is -0.480. The highest BCUT2D eigenvalue weighted by Gasteiger charge is 2.29. The summed E-state index contributed by atoms with van der Waals surface area (Å²) < 4.78 is 0. The number of hydrogen-bond acceptors (Lipinski definition) is 1.